The van der Waals surface area contributed by atoms with Gasteiger partial charge in [-0.05, 0) is 6.92 Å². The second-order valence-electron chi connectivity index (χ2n) is 2.88. The molecule has 1 atom stereocenters. The largest absolute Gasteiger partial charge is 0.472 e. The summed E-state index contributed by atoms with van der Waals surface area (Å²) in [5.74, 6) is 0.178. The van der Waals surface area contributed by atoms with Crippen molar-refractivity contribution in [3.8, 4) is 5.88 Å². The molecule has 2 heterocycles. The van der Waals surface area contributed by atoms with Crippen LogP contribution in [0.1, 0.15) is 17.3 Å². The van der Waals surface area contributed by atoms with E-state index in [4.69, 9.17) is 4.74 Å². The summed E-state index contributed by atoms with van der Waals surface area (Å²) in [4.78, 5) is 19.0. The van der Waals surface area contributed by atoms with Crippen LogP contribution in [-0.4, -0.2) is 28.5 Å². The van der Waals surface area contributed by atoms with E-state index in [1.54, 1.807) is 0 Å². The van der Waals surface area contributed by atoms with Crippen LogP contribution >= 0.6 is 0 Å². The zero-order valence-electron chi connectivity index (χ0n) is 7.15. The zero-order chi connectivity index (χ0) is 9.26. The van der Waals surface area contributed by atoms with E-state index in [1.165, 1.54) is 12.5 Å². The minimum Gasteiger partial charge on any atom is -0.472 e. The summed E-state index contributed by atoms with van der Waals surface area (Å²) in [7, 11) is 0. The topological polar surface area (TPSA) is 64.1 Å². The molecule has 1 N–H and O–H groups in total. The minimum atomic E-state index is -0.181. The van der Waals surface area contributed by atoms with E-state index in [1.807, 2.05) is 6.92 Å². The van der Waals surface area contributed by atoms with E-state index in [0.717, 1.165) is 0 Å². The number of amides is 1. The highest BCUT2D eigenvalue weighted by atomic mass is 16.5. The quantitative estimate of drug-likeness (QED) is 0.608. The number of carbonyl (C=O) groups is 1. The van der Waals surface area contributed by atoms with Crippen LogP contribution in [0, 0.1) is 0 Å². The van der Waals surface area contributed by atoms with Gasteiger partial charge in [-0.2, -0.15) is 0 Å². The number of aromatic nitrogens is 2. The number of carbonyl (C=O) groups excluding carboxylic acids is 1. The van der Waals surface area contributed by atoms with Gasteiger partial charge in [-0.25, -0.2) is 9.97 Å². The van der Waals surface area contributed by atoms with Crippen molar-refractivity contribution in [2.45, 2.75) is 13.0 Å². The Bertz CT molecular complexity index is 340. The number of nitrogens with one attached hydrogen (secondary N) is 1. The van der Waals surface area contributed by atoms with E-state index < -0.39 is 0 Å². The van der Waals surface area contributed by atoms with Crippen LogP contribution < -0.4 is 10.1 Å². The third-order valence-corrected chi connectivity index (χ3v) is 1.78. The normalized spacial score (nSPS) is 21.0. The maximum Gasteiger partial charge on any atom is 0.258 e. The van der Waals surface area contributed by atoms with Crippen molar-refractivity contribution >= 4 is 5.91 Å². The first-order chi connectivity index (χ1) is 6.27. The molecule has 5 nitrogen and oxygen atoms in total. The lowest BCUT2D eigenvalue weighted by atomic mass is 10.3. The summed E-state index contributed by atoms with van der Waals surface area (Å²) in [6.07, 6.45) is 2.76. The molecule has 0 aliphatic carbocycles. The van der Waals surface area contributed by atoms with Gasteiger partial charge in [0, 0.05) is 6.20 Å². The van der Waals surface area contributed by atoms with Crippen LogP contribution in [0.15, 0.2) is 12.5 Å². The van der Waals surface area contributed by atoms with Gasteiger partial charge >= 0.3 is 0 Å². The van der Waals surface area contributed by atoms with E-state index in [0.29, 0.717) is 18.0 Å². The Balaban J connectivity index is 2.43. The molecule has 13 heavy (non-hydrogen) atoms. The predicted octanol–water partition coefficient (Wildman–Crippen LogP) is -0.0127. The lowest BCUT2D eigenvalue weighted by Gasteiger charge is -2.08. The van der Waals surface area contributed by atoms with E-state index >= 15 is 0 Å². The molecule has 0 bridgehead atoms. The first-order valence-corrected chi connectivity index (χ1v) is 4.02. The molecule has 1 unspecified atom stereocenters. The third kappa shape index (κ3) is 1.44. The molecule has 5 heteroatoms. The molecule has 2 rings (SSSR count). The number of hydrogen-bond donors (Lipinski definition) is 1. The fraction of sp³-hybridized carbons (Fsp3) is 0.375. The Morgan fingerprint density at radius 2 is 2.54 bits per heavy atom. The predicted molar refractivity (Wildman–Crippen MR) is 44.5 cm³/mol. The molecule has 0 saturated carbocycles. The molecule has 0 aromatic carbocycles. The van der Waals surface area contributed by atoms with Crippen LogP contribution in [0.4, 0.5) is 0 Å². The molecule has 0 spiro atoms. The number of hydrogen-bond acceptors (Lipinski definition) is 4. The lowest BCUT2D eigenvalue weighted by Crippen LogP contribution is -2.29. The van der Waals surface area contributed by atoms with E-state index in [9.17, 15) is 4.79 Å². The maximum atomic E-state index is 11.4. The monoisotopic (exact) mass is 179 g/mol. The minimum absolute atomic E-state index is 0.0555. The first kappa shape index (κ1) is 7.97. The van der Waals surface area contributed by atoms with Gasteiger partial charge in [0.1, 0.15) is 18.0 Å². The van der Waals surface area contributed by atoms with Gasteiger partial charge in [-0.3, -0.25) is 4.79 Å². The molecule has 1 aliphatic rings. The van der Waals surface area contributed by atoms with E-state index in [2.05, 4.69) is 15.3 Å². The van der Waals surface area contributed by atoms with Crippen molar-refractivity contribution in [2.75, 3.05) is 6.54 Å². The van der Waals surface area contributed by atoms with Crippen LogP contribution in [0.5, 0.6) is 5.88 Å². The zero-order valence-corrected chi connectivity index (χ0v) is 7.15. The van der Waals surface area contributed by atoms with Crippen LogP contribution in [0.3, 0.4) is 0 Å². The summed E-state index contributed by atoms with van der Waals surface area (Å²) in [6.45, 7) is 2.37. The van der Waals surface area contributed by atoms with Crippen LogP contribution in [0.2, 0.25) is 0 Å². The van der Waals surface area contributed by atoms with Gasteiger partial charge in [-0.15, -0.1) is 0 Å². The molecule has 0 fully saturated rings. The number of rotatable bonds is 0. The molecule has 0 saturated heterocycles. The maximum absolute atomic E-state index is 11.4. The van der Waals surface area contributed by atoms with Crippen molar-refractivity contribution in [3.63, 3.8) is 0 Å². The van der Waals surface area contributed by atoms with Gasteiger partial charge in [-0.1, -0.05) is 0 Å². The number of nitrogens with zero attached hydrogens (tertiary/aromatic N) is 2. The number of ether oxygens (including phenoxy) is 1. The average Bonchev–Trinajstić information content (AvgIpc) is 2.27. The van der Waals surface area contributed by atoms with Gasteiger partial charge in [0.25, 0.3) is 5.91 Å². The Labute approximate surface area is 75.1 Å². The molecule has 1 amide bonds. The molecule has 1 aliphatic heterocycles. The SMILES string of the molecule is CC1CNC(=O)c2cncnc2O1. The van der Waals surface area contributed by atoms with Gasteiger partial charge < -0.3 is 10.1 Å². The standard InChI is InChI=1S/C8H9N3O2/c1-5-2-10-7(12)6-3-9-4-11-8(6)13-5/h3-5H,2H2,1H3,(H,10,12). The number of fused-ring (bicyclic) bond motifs is 1. The Morgan fingerprint density at radius 1 is 1.69 bits per heavy atom. The summed E-state index contributed by atoms with van der Waals surface area (Å²) >= 11 is 0. The fourth-order valence-corrected chi connectivity index (χ4v) is 1.13. The van der Waals surface area contributed by atoms with Crippen molar-refractivity contribution in [1.82, 2.24) is 15.3 Å². The summed E-state index contributed by atoms with van der Waals surface area (Å²) in [6, 6.07) is 0. The van der Waals surface area contributed by atoms with Crippen LogP contribution in [-0.2, 0) is 0 Å². The smallest absolute Gasteiger partial charge is 0.258 e. The molecule has 1 aromatic rings. The Hall–Kier alpha value is -1.65. The summed E-state index contributed by atoms with van der Waals surface area (Å²) in [5.41, 5.74) is 0.395. The average molecular weight is 179 g/mol. The molecular formula is C8H9N3O2. The highest BCUT2D eigenvalue weighted by Gasteiger charge is 2.20. The van der Waals surface area contributed by atoms with Crippen molar-refractivity contribution < 1.29 is 9.53 Å². The highest BCUT2D eigenvalue weighted by Crippen LogP contribution is 2.16. The molecular weight excluding hydrogens is 170 g/mol. The lowest BCUT2D eigenvalue weighted by molar-refractivity contribution is 0.0952. The second kappa shape index (κ2) is 3.01. The van der Waals surface area contributed by atoms with Crippen molar-refractivity contribution in [2.24, 2.45) is 0 Å². The van der Waals surface area contributed by atoms with Gasteiger partial charge in [0.2, 0.25) is 5.88 Å². The molecule has 1 aromatic heterocycles. The first-order valence-electron chi connectivity index (χ1n) is 4.02. The van der Waals surface area contributed by atoms with Crippen molar-refractivity contribution in [1.29, 1.82) is 0 Å². The summed E-state index contributed by atoms with van der Waals surface area (Å²) < 4.78 is 5.39. The van der Waals surface area contributed by atoms with Gasteiger partial charge in [0.05, 0.1) is 6.54 Å². The van der Waals surface area contributed by atoms with Gasteiger partial charge in [0.15, 0.2) is 0 Å². The van der Waals surface area contributed by atoms with Crippen molar-refractivity contribution in [3.05, 3.63) is 18.1 Å². The fourth-order valence-electron chi connectivity index (χ4n) is 1.13. The molecule has 68 valence electrons. The third-order valence-electron chi connectivity index (χ3n) is 1.78. The highest BCUT2D eigenvalue weighted by molar-refractivity contribution is 5.96. The molecule has 0 radical (unpaired) electrons. The summed E-state index contributed by atoms with van der Waals surface area (Å²) in [5, 5.41) is 2.71. The second-order valence-corrected chi connectivity index (χ2v) is 2.88. The van der Waals surface area contributed by atoms with E-state index in [-0.39, 0.29) is 12.0 Å². The Kier molecular flexibility index (Phi) is 1.84. The Morgan fingerprint density at radius 3 is 3.38 bits per heavy atom. The van der Waals surface area contributed by atoms with Crippen LogP contribution in [0.25, 0.3) is 0 Å².